The van der Waals surface area contributed by atoms with Crippen LogP contribution < -0.4 is 10.5 Å². The molecular weight excluding hydrogens is 254 g/mol. The molecule has 0 saturated heterocycles. The average Bonchev–Trinajstić information content (AvgIpc) is 2.78. The number of ether oxygens (including phenoxy) is 2. The van der Waals surface area contributed by atoms with Crippen molar-refractivity contribution >= 4 is 0 Å². The lowest BCUT2D eigenvalue weighted by Gasteiger charge is -2.17. The van der Waals surface area contributed by atoms with Crippen molar-refractivity contribution in [2.24, 2.45) is 12.8 Å². The number of aryl methyl sites for hydroxylation is 2. The highest BCUT2D eigenvalue weighted by molar-refractivity contribution is 5.40. The number of rotatable bonds is 6. The van der Waals surface area contributed by atoms with Gasteiger partial charge in [-0.1, -0.05) is 18.2 Å². The number of aromatic nitrogens is 2. The Hall–Kier alpha value is -1.85. The molecule has 0 amide bonds. The summed E-state index contributed by atoms with van der Waals surface area (Å²) in [4.78, 5) is 0. The molecule has 108 valence electrons. The zero-order valence-electron chi connectivity index (χ0n) is 12.2. The molecule has 0 saturated carbocycles. The first-order valence-corrected chi connectivity index (χ1v) is 6.60. The molecular formula is C15H21N3O2. The smallest absolute Gasteiger partial charge is 0.124 e. The van der Waals surface area contributed by atoms with Crippen molar-refractivity contribution in [2.75, 3.05) is 20.3 Å². The summed E-state index contributed by atoms with van der Waals surface area (Å²) in [6, 6.07) is 9.54. The fourth-order valence-corrected chi connectivity index (χ4v) is 2.18. The van der Waals surface area contributed by atoms with Crippen LogP contribution in [0.2, 0.25) is 0 Å². The van der Waals surface area contributed by atoms with Crippen molar-refractivity contribution < 1.29 is 9.47 Å². The molecule has 0 bridgehead atoms. The van der Waals surface area contributed by atoms with Crippen molar-refractivity contribution in [3.63, 3.8) is 0 Å². The molecule has 2 N–H and O–H groups in total. The van der Waals surface area contributed by atoms with Crippen LogP contribution in [0.3, 0.4) is 0 Å². The molecule has 1 atom stereocenters. The minimum absolute atomic E-state index is 0.264. The summed E-state index contributed by atoms with van der Waals surface area (Å²) in [6.07, 6.45) is 0. The summed E-state index contributed by atoms with van der Waals surface area (Å²) in [6.45, 7) is 3.01. The Morgan fingerprint density at radius 3 is 2.70 bits per heavy atom. The Kier molecular flexibility index (Phi) is 4.76. The standard InChI is InChI=1S/C15H21N3O2/c1-11-10-13(18(2)17-11)15(16)12-6-4-5-7-14(12)20-9-8-19-3/h4-7,10,15H,8-9,16H2,1-3H3. The van der Waals surface area contributed by atoms with Crippen LogP contribution in [0.5, 0.6) is 5.75 Å². The van der Waals surface area contributed by atoms with E-state index in [2.05, 4.69) is 5.10 Å². The van der Waals surface area contributed by atoms with Crippen molar-refractivity contribution in [3.05, 3.63) is 47.3 Å². The van der Waals surface area contributed by atoms with Crippen LogP contribution in [0.25, 0.3) is 0 Å². The number of benzene rings is 1. The van der Waals surface area contributed by atoms with Crippen molar-refractivity contribution in [3.8, 4) is 5.75 Å². The third kappa shape index (κ3) is 3.18. The molecule has 1 heterocycles. The van der Waals surface area contributed by atoms with Crippen LogP contribution in [0.1, 0.15) is 23.0 Å². The molecule has 2 aromatic rings. The first-order chi connectivity index (χ1) is 9.63. The Labute approximate surface area is 119 Å². The van der Waals surface area contributed by atoms with Gasteiger partial charge in [0.25, 0.3) is 0 Å². The van der Waals surface area contributed by atoms with Gasteiger partial charge in [0, 0.05) is 19.7 Å². The van der Waals surface area contributed by atoms with E-state index in [0.29, 0.717) is 13.2 Å². The van der Waals surface area contributed by atoms with E-state index in [1.54, 1.807) is 7.11 Å². The van der Waals surface area contributed by atoms with E-state index in [4.69, 9.17) is 15.2 Å². The second kappa shape index (κ2) is 6.54. The average molecular weight is 275 g/mol. The number of hydrogen-bond donors (Lipinski definition) is 1. The van der Waals surface area contributed by atoms with Crippen LogP contribution in [0, 0.1) is 6.92 Å². The van der Waals surface area contributed by atoms with E-state index in [1.807, 2.05) is 49.0 Å². The molecule has 0 aliphatic heterocycles. The second-order valence-corrected chi connectivity index (χ2v) is 4.69. The highest BCUT2D eigenvalue weighted by Gasteiger charge is 2.17. The van der Waals surface area contributed by atoms with Gasteiger partial charge in [-0.2, -0.15) is 5.10 Å². The van der Waals surface area contributed by atoms with Gasteiger partial charge in [0.1, 0.15) is 12.4 Å². The van der Waals surface area contributed by atoms with Crippen molar-refractivity contribution in [2.45, 2.75) is 13.0 Å². The van der Waals surface area contributed by atoms with Crippen molar-refractivity contribution in [1.29, 1.82) is 0 Å². The van der Waals surface area contributed by atoms with Gasteiger partial charge >= 0.3 is 0 Å². The number of para-hydroxylation sites is 1. The first kappa shape index (κ1) is 14.6. The Morgan fingerprint density at radius 1 is 1.30 bits per heavy atom. The molecule has 0 aliphatic carbocycles. The van der Waals surface area contributed by atoms with Crippen LogP contribution >= 0.6 is 0 Å². The van der Waals surface area contributed by atoms with E-state index in [-0.39, 0.29) is 6.04 Å². The van der Waals surface area contributed by atoms with Crippen LogP contribution in [0.4, 0.5) is 0 Å². The monoisotopic (exact) mass is 275 g/mol. The maximum atomic E-state index is 6.36. The number of methoxy groups -OCH3 is 1. The summed E-state index contributed by atoms with van der Waals surface area (Å²) < 4.78 is 12.5. The summed E-state index contributed by atoms with van der Waals surface area (Å²) in [7, 11) is 3.55. The van der Waals surface area contributed by atoms with E-state index in [9.17, 15) is 0 Å². The summed E-state index contributed by atoms with van der Waals surface area (Å²) >= 11 is 0. The van der Waals surface area contributed by atoms with E-state index in [1.165, 1.54) is 0 Å². The minimum atomic E-state index is -0.264. The van der Waals surface area contributed by atoms with Gasteiger partial charge in [-0.25, -0.2) is 0 Å². The molecule has 0 spiro atoms. The molecule has 1 aromatic heterocycles. The normalized spacial score (nSPS) is 12.4. The Balaban J connectivity index is 2.25. The summed E-state index contributed by atoms with van der Waals surface area (Å²) in [5, 5.41) is 4.34. The summed E-state index contributed by atoms with van der Waals surface area (Å²) in [5.41, 5.74) is 9.23. The lowest BCUT2D eigenvalue weighted by atomic mass is 10.0. The number of nitrogens with two attached hydrogens (primary N) is 1. The Morgan fingerprint density at radius 2 is 2.05 bits per heavy atom. The predicted octanol–water partition coefficient (Wildman–Crippen LogP) is 1.80. The topological polar surface area (TPSA) is 62.3 Å². The third-order valence-corrected chi connectivity index (χ3v) is 3.16. The van der Waals surface area contributed by atoms with Gasteiger partial charge in [0.2, 0.25) is 0 Å². The zero-order chi connectivity index (χ0) is 14.5. The largest absolute Gasteiger partial charge is 0.491 e. The highest BCUT2D eigenvalue weighted by Crippen LogP contribution is 2.28. The molecule has 1 aromatic carbocycles. The molecule has 1 unspecified atom stereocenters. The van der Waals surface area contributed by atoms with Gasteiger partial charge < -0.3 is 15.2 Å². The molecule has 5 nitrogen and oxygen atoms in total. The number of nitrogens with zero attached hydrogens (tertiary/aromatic N) is 2. The lowest BCUT2D eigenvalue weighted by molar-refractivity contribution is 0.145. The minimum Gasteiger partial charge on any atom is -0.491 e. The maximum absolute atomic E-state index is 6.36. The maximum Gasteiger partial charge on any atom is 0.124 e. The van der Waals surface area contributed by atoms with Gasteiger partial charge in [0.05, 0.1) is 24.0 Å². The SMILES string of the molecule is COCCOc1ccccc1C(N)c1cc(C)nn1C. The van der Waals surface area contributed by atoms with Crippen LogP contribution in [-0.2, 0) is 11.8 Å². The molecule has 5 heteroatoms. The highest BCUT2D eigenvalue weighted by atomic mass is 16.5. The van der Waals surface area contributed by atoms with Crippen LogP contribution in [0.15, 0.2) is 30.3 Å². The molecule has 0 aliphatic rings. The molecule has 2 rings (SSSR count). The van der Waals surface area contributed by atoms with Gasteiger partial charge in [-0.3, -0.25) is 4.68 Å². The first-order valence-electron chi connectivity index (χ1n) is 6.60. The van der Waals surface area contributed by atoms with Gasteiger partial charge in [-0.05, 0) is 19.1 Å². The second-order valence-electron chi connectivity index (χ2n) is 4.69. The fraction of sp³-hybridized carbons (Fsp3) is 0.400. The van der Waals surface area contributed by atoms with Crippen LogP contribution in [-0.4, -0.2) is 30.1 Å². The Bertz CT molecular complexity index is 566. The molecule has 0 fully saturated rings. The van der Waals surface area contributed by atoms with Gasteiger partial charge in [0.15, 0.2) is 0 Å². The predicted molar refractivity (Wildman–Crippen MR) is 77.8 cm³/mol. The quantitative estimate of drug-likeness (QED) is 0.817. The van der Waals surface area contributed by atoms with Crippen molar-refractivity contribution in [1.82, 2.24) is 9.78 Å². The summed E-state index contributed by atoms with van der Waals surface area (Å²) in [5.74, 6) is 0.788. The molecule has 0 radical (unpaired) electrons. The van der Waals surface area contributed by atoms with E-state index in [0.717, 1.165) is 22.7 Å². The van der Waals surface area contributed by atoms with E-state index >= 15 is 0 Å². The van der Waals surface area contributed by atoms with Gasteiger partial charge in [-0.15, -0.1) is 0 Å². The molecule has 20 heavy (non-hydrogen) atoms. The number of hydrogen-bond acceptors (Lipinski definition) is 4. The lowest BCUT2D eigenvalue weighted by Crippen LogP contribution is -2.17. The fourth-order valence-electron chi connectivity index (χ4n) is 2.18. The third-order valence-electron chi connectivity index (χ3n) is 3.16. The zero-order valence-corrected chi connectivity index (χ0v) is 12.2. The van der Waals surface area contributed by atoms with E-state index < -0.39 is 0 Å².